The van der Waals surface area contributed by atoms with Crippen LogP contribution in [0.15, 0.2) is 12.2 Å². The number of fused-ring (bicyclic) bond motifs is 7. The molecule has 5 aliphatic carbocycles. The van der Waals surface area contributed by atoms with Crippen molar-refractivity contribution in [2.24, 2.45) is 56.7 Å². The van der Waals surface area contributed by atoms with E-state index in [2.05, 4.69) is 55.0 Å². The van der Waals surface area contributed by atoms with Crippen molar-refractivity contribution < 1.29 is 19.1 Å². The fourth-order valence-electron chi connectivity index (χ4n) is 12.2. The van der Waals surface area contributed by atoms with Gasteiger partial charge in [-0.25, -0.2) is 0 Å². The average molecular weight is 527 g/mol. The number of hydrogen-bond acceptors (Lipinski definition) is 4. The van der Waals surface area contributed by atoms with Crippen LogP contribution < -0.4 is 0 Å². The summed E-state index contributed by atoms with van der Waals surface area (Å²) in [5.41, 5.74) is 2.22. The third-order valence-corrected chi connectivity index (χ3v) is 14.1. The van der Waals surface area contributed by atoms with Crippen molar-refractivity contribution in [3.63, 3.8) is 0 Å². The first kappa shape index (κ1) is 28.2. The largest absolute Gasteiger partial charge is 0.462 e. The maximum atomic E-state index is 11.9. The Morgan fingerprint density at radius 3 is 2.08 bits per heavy atom. The topological polar surface area (TPSA) is 52.6 Å². The maximum absolute atomic E-state index is 11.9. The summed E-state index contributed by atoms with van der Waals surface area (Å²) in [6.07, 6.45) is 10.6. The third-order valence-electron chi connectivity index (χ3n) is 14.1. The minimum Gasteiger partial charge on any atom is -0.462 e. The standard InChI is InChI=1S/C34H54O4/c1-20-21(2)29-24-11-12-27-32(8)15-14-28(38-23(4)36)30(5,6)26(32)13-16-34(27,10)33(24,9)18-17-31(29,7)19-25(20)37-22(3)35/h21,24-29H,1,11-19H2,2-10H3/t21-,24+,25+,26-,27+,28-,29+,31-,32-,33+,34+/m0/s1. The van der Waals surface area contributed by atoms with Gasteiger partial charge in [0, 0.05) is 19.3 Å². The second kappa shape index (κ2) is 8.84. The highest BCUT2D eigenvalue weighted by Crippen LogP contribution is 2.77. The van der Waals surface area contributed by atoms with Crippen LogP contribution in [0.3, 0.4) is 0 Å². The highest BCUT2D eigenvalue weighted by molar-refractivity contribution is 5.66. The molecule has 0 saturated heterocycles. The van der Waals surface area contributed by atoms with E-state index in [-0.39, 0.29) is 40.4 Å². The molecule has 214 valence electrons. The van der Waals surface area contributed by atoms with Crippen LogP contribution in [-0.2, 0) is 19.1 Å². The van der Waals surface area contributed by atoms with Crippen LogP contribution in [0.25, 0.3) is 0 Å². The van der Waals surface area contributed by atoms with E-state index in [0.717, 1.165) is 18.4 Å². The van der Waals surface area contributed by atoms with Gasteiger partial charge >= 0.3 is 11.9 Å². The third kappa shape index (κ3) is 3.73. The van der Waals surface area contributed by atoms with Gasteiger partial charge in [0.2, 0.25) is 0 Å². The van der Waals surface area contributed by atoms with E-state index in [0.29, 0.717) is 40.4 Å². The number of ether oxygens (including phenoxy) is 2. The summed E-state index contributed by atoms with van der Waals surface area (Å²) in [7, 11) is 0. The van der Waals surface area contributed by atoms with Crippen molar-refractivity contribution in [3.05, 3.63) is 12.2 Å². The zero-order valence-electron chi connectivity index (χ0n) is 25.7. The SMILES string of the molecule is C=C1[C@H](OC(C)=O)C[C@]2(C)CC[C@]3(C)[C@H](CC[C@@H]4[C@@]5(C)CC[C@H](OC(C)=O)C(C)(C)[C@@H]5CC[C@]43C)[C@H]2[C@H]1C. The van der Waals surface area contributed by atoms with Crippen LogP contribution in [0.1, 0.15) is 120 Å². The lowest BCUT2D eigenvalue weighted by Gasteiger charge is -2.74. The highest BCUT2D eigenvalue weighted by Gasteiger charge is 2.70. The average Bonchev–Trinajstić information content (AvgIpc) is 2.79. The highest BCUT2D eigenvalue weighted by atomic mass is 16.5. The van der Waals surface area contributed by atoms with Crippen LogP contribution in [0.5, 0.6) is 0 Å². The summed E-state index contributed by atoms with van der Waals surface area (Å²) < 4.78 is 11.7. The van der Waals surface area contributed by atoms with E-state index >= 15 is 0 Å². The molecule has 5 aliphatic rings. The minimum absolute atomic E-state index is 0.00421. The Kier molecular flexibility index (Phi) is 6.56. The molecule has 5 saturated carbocycles. The summed E-state index contributed by atoms with van der Waals surface area (Å²) >= 11 is 0. The maximum Gasteiger partial charge on any atom is 0.303 e. The van der Waals surface area contributed by atoms with Gasteiger partial charge in [-0.3, -0.25) is 9.59 Å². The molecule has 4 heteroatoms. The Labute approximate surface area is 232 Å². The van der Waals surface area contributed by atoms with E-state index in [1.807, 2.05) is 0 Å². The molecule has 4 nitrogen and oxygen atoms in total. The van der Waals surface area contributed by atoms with Gasteiger partial charge in [0.05, 0.1) is 0 Å². The molecular weight excluding hydrogens is 472 g/mol. The molecule has 0 aromatic rings. The quantitative estimate of drug-likeness (QED) is 0.269. The first-order valence-corrected chi connectivity index (χ1v) is 15.5. The molecule has 0 aliphatic heterocycles. The fourth-order valence-corrected chi connectivity index (χ4v) is 12.2. The normalized spacial score (nSPS) is 51.5. The van der Waals surface area contributed by atoms with Crippen molar-refractivity contribution in [2.75, 3.05) is 0 Å². The number of carbonyl (C=O) groups is 2. The van der Waals surface area contributed by atoms with E-state index in [4.69, 9.17) is 9.47 Å². The van der Waals surface area contributed by atoms with Crippen LogP contribution in [0, 0.1) is 56.7 Å². The molecule has 0 amide bonds. The number of carbonyl (C=O) groups excluding carboxylic acids is 2. The van der Waals surface area contributed by atoms with Crippen LogP contribution in [0.2, 0.25) is 0 Å². The van der Waals surface area contributed by atoms with Gasteiger partial charge in [-0.2, -0.15) is 0 Å². The van der Waals surface area contributed by atoms with E-state index in [9.17, 15) is 9.59 Å². The summed E-state index contributed by atoms with van der Waals surface area (Å²) in [5, 5.41) is 0. The van der Waals surface area contributed by atoms with Gasteiger partial charge < -0.3 is 9.47 Å². The molecule has 0 aromatic carbocycles. The molecule has 0 radical (unpaired) electrons. The Balaban J connectivity index is 1.47. The Hall–Kier alpha value is -1.32. The molecule has 11 atom stereocenters. The van der Waals surface area contributed by atoms with Crippen LogP contribution >= 0.6 is 0 Å². The predicted octanol–water partition coefficient (Wildman–Crippen LogP) is 8.14. The predicted molar refractivity (Wildman–Crippen MR) is 151 cm³/mol. The van der Waals surface area contributed by atoms with E-state index in [1.54, 1.807) is 6.92 Å². The molecule has 5 fully saturated rings. The van der Waals surface area contributed by atoms with Gasteiger partial charge in [-0.05, 0) is 115 Å². The first-order chi connectivity index (χ1) is 17.5. The molecule has 5 rings (SSSR count). The molecular formula is C34H54O4. The summed E-state index contributed by atoms with van der Waals surface area (Å²) in [5.74, 6) is 2.61. The van der Waals surface area contributed by atoms with Crippen LogP contribution in [-0.4, -0.2) is 24.1 Å². The molecule has 0 bridgehead atoms. The molecule has 38 heavy (non-hydrogen) atoms. The van der Waals surface area contributed by atoms with Crippen LogP contribution in [0.4, 0.5) is 0 Å². The lowest BCUT2D eigenvalue weighted by molar-refractivity contribution is -0.256. The number of esters is 2. The van der Waals surface area contributed by atoms with Crippen molar-refractivity contribution in [1.29, 1.82) is 0 Å². The minimum atomic E-state index is -0.185. The summed E-state index contributed by atoms with van der Waals surface area (Å²) in [6, 6.07) is 0. The van der Waals surface area contributed by atoms with E-state index < -0.39 is 0 Å². The van der Waals surface area contributed by atoms with E-state index in [1.165, 1.54) is 51.9 Å². The molecule has 0 heterocycles. The number of hydrogen-bond donors (Lipinski definition) is 0. The van der Waals surface area contributed by atoms with Gasteiger partial charge in [0.15, 0.2) is 0 Å². The Morgan fingerprint density at radius 1 is 0.789 bits per heavy atom. The van der Waals surface area contributed by atoms with Crippen molar-refractivity contribution in [1.82, 2.24) is 0 Å². The molecule has 0 aromatic heterocycles. The van der Waals surface area contributed by atoms with Gasteiger partial charge in [-0.15, -0.1) is 0 Å². The fraction of sp³-hybridized carbons (Fsp3) is 0.882. The first-order valence-electron chi connectivity index (χ1n) is 15.5. The lowest BCUT2D eigenvalue weighted by Crippen LogP contribution is -2.67. The second-order valence-corrected chi connectivity index (χ2v) is 16.0. The Morgan fingerprint density at radius 2 is 1.45 bits per heavy atom. The zero-order valence-corrected chi connectivity index (χ0v) is 25.7. The van der Waals surface area contributed by atoms with Crippen molar-refractivity contribution in [3.8, 4) is 0 Å². The smallest absolute Gasteiger partial charge is 0.303 e. The molecule has 0 spiro atoms. The summed E-state index contributed by atoms with van der Waals surface area (Å²) in [4.78, 5) is 23.8. The monoisotopic (exact) mass is 526 g/mol. The van der Waals surface area contributed by atoms with Gasteiger partial charge in [-0.1, -0.05) is 55.0 Å². The number of rotatable bonds is 2. The van der Waals surface area contributed by atoms with Crippen molar-refractivity contribution >= 4 is 11.9 Å². The molecule has 0 N–H and O–H groups in total. The Bertz CT molecular complexity index is 1010. The second-order valence-electron chi connectivity index (χ2n) is 16.0. The lowest BCUT2D eigenvalue weighted by atomic mass is 9.31. The van der Waals surface area contributed by atoms with Crippen molar-refractivity contribution in [2.45, 2.75) is 132 Å². The van der Waals surface area contributed by atoms with Gasteiger partial charge in [0.25, 0.3) is 0 Å². The van der Waals surface area contributed by atoms with Gasteiger partial charge in [0.1, 0.15) is 12.2 Å². The summed E-state index contributed by atoms with van der Waals surface area (Å²) in [6.45, 7) is 25.2. The molecule has 0 unspecified atom stereocenters. The zero-order chi connectivity index (χ0) is 28.1.